The lowest BCUT2D eigenvalue weighted by Gasteiger charge is -2.23. The number of rotatable bonds is 3. The van der Waals surface area contributed by atoms with Crippen molar-refractivity contribution in [2.45, 2.75) is 39.7 Å². The van der Waals surface area contributed by atoms with Crippen LogP contribution in [0, 0.1) is 5.41 Å². The second-order valence-electron chi connectivity index (χ2n) is 6.36. The third-order valence-electron chi connectivity index (χ3n) is 4.05. The fraction of sp³-hybridized carbons (Fsp3) is 0.562. The van der Waals surface area contributed by atoms with Crippen LogP contribution in [0.3, 0.4) is 0 Å². The summed E-state index contributed by atoms with van der Waals surface area (Å²) >= 11 is 5.04. The van der Waals surface area contributed by atoms with Gasteiger partial charge in [-0.3, -0.25) is 4.90 Å². The van der Waals surface area contributed by atoms with Gasteiger partial charge in [-0.05, 0) is 49.4 Å². The average molecular weight is 276 g/mol. The fourth-order valence-electron chi connectivity index (χ4n) is 2.72. The van der Waals surface area contributed by atoms with Crippen molar-refractivity contribution in [1.82, 2.24) is 4.90 Å². The van der Waals surface area contributed by atoms with Gasteiger partial charge in [-0.15, -0.1) is 0 Å². The van der Waals surface area contributed by atoms with Crippen LogP contribution in [0.2, 0.25) is 0 Å². The summed E-state index contributed by atoms with van der Waals surface area (Å²) in [6.07, 6.45) is 3.90. The normalized spacial score (nSPS) is 19.9. The molecule has 2 N–H and O–H groups in total. The lowest BCUT2D eigenvalue weighted by Crippen LogP contribution is -2.25. The molecular formula is C16H24N2S. The Morgan fingerprint density at radius 1 is 1.32 bits per heavy atom. The van der Waals surface area contributed by atoms with E-state index < -0.39 is 0 Å². The molecule has 0 aromatic heterocycles. The summed E-state index contributed by atoms with van der Waals surface area (Å²) in [5, 5.41) is 0. The summed E-state index contributed by atoms with van der Waals surface area (Å²) < 4.78 is 0. The molecule has 3 heteroatoms. The Morgan fingerprint density at radius 3 is 2.84 bits per heavy atom. The first-order valence-corrected chi connectivity index (χ1v) is 7.48. The molecule has 1 aromatic rings. The summed E-state index contributed by atoms with van der Waals surface area (Å²) in [4.78, 5) is 3.03. The molecule has 0 saturated carbocycles. The maximum Gasteiger partial charge on any atom is 0.103 e. The Hall–Kier alpha value is -0.930. The largest absolute Gasteiger partial charge is 0.389 e. The fourth-order valence-corrected chi connectivity index (χ4v) is 2.85. The van der Waals surface area contributed by atoms with E-state index in [-0.39, 0.29) is 0 Å². The molecule has 0 amide bonds. The molecule has 0 aliphatic carbocycles. The highest BCUT2D eigenvalue weighted by Gasteiger charge is 2.22. The maximum absolute atomic E-state index is 5.69. The number of benzene rings is 1. The molecule has 0 unspecified atom stereocenters. The second-order valence-corrected chi connectivity index (χ2v) is 6.80. The molecular weight excluding hydrogens is 252 g/mol. The minimum absolute atomic E-state index is 0.485. The van der Waals surface area contributed by atoms with E-state index in [2.05, 4.69) is 30.9 Å². The van der Waals surface area contributed by atoms with Crippen LogP contribution in [0.25, 0.3) is 0 Å². The van der Waals surface area contributed by atoms with E-state index in [0.29, 0.717) is 10.4 Å². The van der Waals surface area contributed by atoms with Crippen molar-refractivity contribution in [3.05, 3.63) is 35.4 Å². The van der Waals surface area contributed by atoms with Crippen LogP contribution in [-0.2, 0) is 6.54 Å². The Kier molecular flexibility index (Phi) is 4.58. The van der Waals surface area contributed by atoms with E-state index in [4.69, 9.17) is 18.0 Å². The van der Waals surface area contributed by atoms with Crippen LogP contribution in [0.1, 0.15) is 44.2 Å². The van der Waals surface area contributed by atoms with Crippen LogP contribution in [-0.4, -0.2) is 23.0 Å². The van der Waals surface area contributed by atoms with Crippen molar-refractivity contribution < 1.29 is 0 Å². The first kappa shape index (κ1) is 14.5. The van der Waals surface area contributed by atoms with Crippen LogP contribution in [0.4, 0.5) is 0 Å². The van der Waals surface area contributed by atoms with Crippen molar-refractivity contribution in [3.63, 3.8) is 0 Å². The van der Waals surface area contributed by atoms with Crippen molar-refractivity contribution in [2.75, 3.05) is 13.1 Å². The van der Waals surface area contributed by atoms with Crippen LogP contribution < -0.4 is 5.73 Å². The summed E-state index contributed by atoms with van der Waals surface area (Å²) in [7, 11) is 0. The van der Waals surface area contributed by atoms with E-state index in [1.54, 1.807) is 0 Å². The Labute approximate surface area is 122 Å². The van der Waals surface area contributed by atoms with Crippen LogP contribution in [0.5, 0.6) is 0 Å². The van der Waals surface area contributed by atoms with Gasteiger partial charge in [-0.1, -0.05) is 44.3 Å². The molecule has 2 nitrogen and oxygen atoms in total. The van der Waals surface area contributed by atoms with Crippen molar-refractivity contribution >= 4 is 17.2 Å². The number of hydrogen-bond donors (Lipinski definition) is 1. The molecule has 0 bridgehead atoms. The van der Waals surface area contributed by atoms with Gasteiger partial charge >= 0.3 is 0 Å². The van der Waals surface area contributed by atoms with Gasteiger partial charge in [0.2, 0.25) is 0 Å². The summed E-state index contributed by atoms with van der Waals surface area (Å²) in [6.45, 7) is 8.14. The molecule has 1 aliphatic rings. The first-order valence-electron chi connectivity index (χ1n) is 7.07. The molecule has 1 aromatic carbocycles. The molecule has 19 heavy (non-hydrogen) atoms. The topological polar surface area (TPSA) is 29.3 Å². The minimum atomic E-state index is 0.485. The highest BCUT2D eigenvalue weighted by Crippen LogP contribution is 2.30. The lowest BCUT2D eigenvalue weighted by atomic mass is 9.85. The highest BCUT2D eigenvalue weighted by atomic mass is 32.1. The van der Waals surface area contributed by atoms with Gasteiger partial charge < -0.3 is 5.73 Å². The van der Waals surface area contributed by atoms with E-state index in [1.807, 2.05) is 12.1 Å². The Morgan fingerprint density at radius 2 is 2.11 bits per heavy atom. The zero-order valence-electron chi connectivity index (χ0n) is 12.0. The van der Waals surface area contributed by atoms with Crippen LogP contribution in [0.15, 0.2) is 24.3 Å². The Bertz CT molecular complexity index is 454. The van der Waals surface area contributed by atoms with Gasteiger partial charge in [-0.2, -0.15) is 0 Å². The third kappa shape index (κ3) is 4.29. The molecule has 0 spiro atoms. The molecule has 0 radical (unpaired) electrons. The third-order valence-corrected chi connectivity index (χ3v) is 4.29. The zero-order chi connectivity index (χ0) is 13.9. The molecule has 1 aliphatic heterocycles. The highest BCUT2D eigenvalue weighted by molar-refractivity contribution is 7.80. The van der Waals surface area contributed by atoms with Gasteiger partial charge in [0.25, 0.3) is 0 Å². The van der Waals surface area contributed by atoms with Gasteiger partial charge in [-0.25, -0.2) is 0 Å². The zero-order valence-corrected chi connectivity index (χ0v) is 12.8. The van der Waals surface area contributed by atoms with Crippen molar-refractivity contribution in [2.24, 2.45) is 11.1 Å². The lowest BCUT2D eigenvalue weighted by molar-refractivity contribution is 0.256. The van der Waals surface area contributed by atoms with E-state index in [1.165, 1.54) is 37.9 Å². The molecule has 1 saturated heterocycles. The molecule has 2 rings (SSSR count). The molecule has 0 atom stereocenters. The monoisotopic (exact) mass is 276 g/mol. The smallest absolute Gasteiger partial charge is 0.103 e. The number of nitrogens with two attached hydrogens (primary N) is 1. The van der Waals surface area contributed by atoms with Gasteiger partial charge in [0, 0.05) is 12.1 Å². The quantitative estimate of drug-likeness (QED) is 0.859. The van der Waals surface area contributed by atoms with Crippen molar-refractivity contribution in [3.8, 4) is 0 Å². The summed E-state index contributed by atoms with van der Waals surface area (Å²) in [5.41, 5.74) is 8.47. The maximum atomic E-state index is 5.69. The molecule has 1 heterocycles. The predicted molar refractivity (Wildman–Crippen MR) is 85.2 cm³/mol. The van der Waals surface area contributed by atoms with E-state index in [0.717, 1.165) is 12.1 Å². The van der Waals surface area contributed by atoms with E-state index in [9.17, 15) is 0 Å². The predicted octanol–water partition coefficient (Wildman–Crippen LogP) is 3.33. The van der Waals surface area contributed by atoms with Crippen molar-refractivity contribution in [1.29, 1.82) is 0 Å². The van der Waals surface area contributed by atoms with E-state index >= 15 is 0 Å². The number of hydrogen-bond acceptors (Lipinski definition) is 2. The summed E-state index contributed by atoms with van der Waals surface area (Å²) in [6, 6.07) is 8.32. The summed E-state index contributed by atoms with van der Waals surface area (Å²) in [5.74, 6) is 0. The standard InChI is InChI=1S/C16H24N2S/c1-16(2)7-4-9-18(10-8-16)12-13-5-3-6-14(11-13)15(17)19/h3,5-6,11H,4,7-10,12H2,1-2H3,(H2,17,19). The number of nitrogens with zero attached hydrogens (tertiary/aromatic N) is 1. The number of thiocarbonyl (C=S) groups is 1. The SMILES string of the molecule is CC1(C)CCCN(Cc2cccc(C(N)=S)c2)CC1. The minimum Gasteiger partial charge on any atom is -0.389 e. The van der Waals surface area contributed by atoms with Gasteiger partial charge in [0.05, 0.1) is 0 Å². The molecule has 1 fully saturated rings. The van der Waals surface area contributed by atoms with Gasteiger partial charge in [0.1, 0.15) is 4.99 Å². The Balaban J connectivity index is 2.01. The molecule has 104 valence electrons. The van der Waals surface area contributed by atoms with Gasteiger partial charge in [0.15, 0.2) is 0 Å². The average Bonchev–Trinajstić information content (AvgIpc) is 2.51. The van der Waals surface area contributed by atoms with Crippen LogP contribution >= 0.6 is 12.2 Å². The second kappa shape index (κ2) is 6.02. The first-order chi connectivity index (χ1) is 8.96. The number of likely N-dealkylation sites (tertiary alicyclic amines) is 1.